The predicted octanol–water partition coefficient (Wildman–Crippen LogP) is 9.06. The lowest BCUT2D eigenvalue weighted by molar-refractivity contribution is -0.134. The number of imide groups is 1. The number of benzene rings is 3. The quantitative estimate of drug-likeness (QED) is 0.0602. The van der Waals surface area contributed by atoms with Gasteiger partial charge in [0.2, 0.25) is 17.8 Å². The minimum atomic E-state index is -1.79. The monoisotopic (exact) mass is 1030 g/mol. The molecular formula is C59H69N9O6S. The molecule has 6 aromatic rings. The number of rotatable bonds is 14. The first kappa shape index (κ1) is 50.8. The van der Waals surface area contributed by atoms with E-state index < -0.39 is 11.7 Å². The maximum atomic E-state index is 13.7. The minimum absolute atomic E-state index is 0.158. The number of aromatic nitrogens is 4. The maximum Gasteiger partial charge on any atom is 0.257 e. The molecular weight excluding hydrogens is 963 g/mol. The normalized spacial score (nSPS) is 22.6. The fourth-order valence-corrected chi connectivity index (χ4v) is 13.2. The molecule has 3 amide bonds. The Bertz CT molecular complexity index is 3150. The number of piperazine rings is 1. The van der Waals surface area contributed by atoms with E-state index in [1.165, 1.54) is 24.2 Å². The van der Waals surface area contributed by atoms with Crippen molar-refractivity contribution >= 4 is 72.8 Å². The number of thiazole rings is 1. The van der Waals surface area contributed by atoms with E-state index in [1.807, 2.05) is 66.7 Å². The zero-order valence-corrected chi connectivity index (χ0v) is 44.3. The summed E-state index contributed by atoms with van der Waals surface area (Å²) < 4.78 is 10.1. The Labute approximate surface area is 442 Å². The van der Waals surface area contributed by atoms with Gasteiger partial charge in [0, 0.05) is 75.8 Å². The average Bonchev–Trinajstić information content (AvgIpc) is 3.98. The molecule has 4 N–H and O–H groups in total. The summed E-state index contributed by atoms with van der Waals surface area (Å²) in [5.74, 6) is 1.95. The Morgan fingerprint density at radius 3 is 2.49 bits per heavy atom. The molecule has 1 saturated carbocycles. The molecule has 15 nitrogen and oxygen atoms in total. The highest BCUT2D eigenvalue weighted by molar-refractivity contribution is 7.22. The van der Waals surface area contributed by atoms with E-state index in [0.29, 0.717) is 66.3 Å². The lowest BCUT2D eigenvalue weighted by atomic mass is 9.72. The number of piperidine rings is 1. The molecule has 0 bridgehead atoms. The number of aliphatic hydroxyl groups is 2. The summed E-state index contributed by atoms with van der Waals surface area (Å²) in [4.78, 5) is 59.6. The van der Waals surface area contributed by atoms with Crippen molar-refractivity contribution in [3.8, 4) is 0 Å². The molecule has 3 aromatic carbocycles. The number of ether oxygens (including phenoxy) is 1. The number of aryl methyl sites for hydroxylation is 1. The van der Waals surface area contributed by atoms with Crippen molar-refractivity contribution in [3.05, 3.63) is 125 Å². The van der Waals surface area contributed by atoms with Gasteiger partial charge in [0.15, 0.2) is 11.4 Å². The van der Waals surface area contributed by atoms with Gasteiger partial charge in [-0.3, -0.25) is 29.9 Å². The van der Waals surface area contributed by atoms with Crippen LogP contribution >= 0.6 is 11.3 Å². The van der Waals surface area contributed by atoms with E-state index in [9.17, 15) is 24.6 Å². The second-order valence-corrected chi connectivity index (χ2v) is 23.1. The number of hydrogen-bond acceptors (Lipinski definition) is 13. The molecule has 3 fully saturated rings. The lowest BCUT2D eigenvalue weighted by Gasteiger charge is -2.41. The largest absolute Gasteiger partial charge is 0.370 e. The number of anilines is 3. The first-order valence-corrected chi connectivity index (χ1v) is 27.8. The summed E-state index contributed by atoms with van der Waals surface area (Å²) in [5.41, 5.74) is 7.70. The van der Waals surface area contributed by atoms with Crippen LogP contribution in [-0.4, -0.2) is 104 Å². The van der Waals surface area contributed by atoms with E-state index in [4.69, 9.17) is 14.7 Å². The second-order valence-electron chi connectivity index (χ2n) is 22.1. The molecule has 3 atom stereocenters. The molecule has 75 heavy (non-hydrogen) atoms. The number of allylic oxidation sites excluding steroid dienone is 2. The fourth-order valence-electron chi connectivity index (χ4n) is 12.3. The number of carbonyl (C=O) groups excluding carboxylic acids is 3. The van der Waals surface area contributed by atoms with Crippen LogP contribution in [0.25, 0.3) is 26.8 Å². The molecule has 11 rings (SSSR count). The Kier molecular flexibility index (Phi) is 14.5. The minimum Gasteiger partial charge on any atom is -0.370 e. The van der Waals surface area contributed by atoms with Gasteiger partial charge in [-0.25, -0.2) is 15.0 Å². The van der Waals surface area contributed by atoms with Crippen molar-refractivity contribution in [1.82, 2.24) is 29.7 Å². The third-order valence-corrected chi connectivity index (χ3v) is 17.7. The topological polar surface area (TPSA) is 178 Å². The summed E-state index contributed by atoms with van der Waals surface area (Å²) in [7, 11) is 2.05. The van der Waals surface area contributed by atoms with E-state index >= 15 is 0 Å². The Morgan fingerprint density at radius 2 is 1.71 bits per heavy atom. The van der Waals surface area contributed by atoms with Crippen LogP contribution in [0.5, 0.6) is 0 Å². The van der Waals surface area contributed by atoms with Gasteiger partial charge < -0.3 is 29.3 Å². The summed E-state index contributed by atoms with van der Waals surface area (Å²) in [5, 5.41) is 27.8. The van der Waals surface area contributed by atoms with Gasteiger partial charge in [0.1, 0.15) is 11.5 Å². The SMILES string of the molecule is CC(CCC1CCC(OC2C=CC=C(c3ccc(N4CCc5cccc(C(=O)Nc6nc7ccccc7s6)c5C4)nc3C(O)O)C2(C)C)CC1)CN1CCN(c2nc3ccc(C4CCC(=O)NC4=O)cc3n2C)CC1. The number of pyridine rings is 1. The highest BCUT2D eigenvalue weighted by atomic mass is 32.1. The van der Waals surface area contributed by atoms with Gasteiger partial charge in [-0.15, -0.1) is 0 Å². The van der Waals surface area contributed by atoms with Crippen molar-refractivity contribution in [2.75, 3.05) is 54.4 Å². The summed E-state index contributed by atoms with van der Waals surface area (Å²) in [6.45, 7) is 12.8. The third kappa shape index (κ3) is 10.6. The third-order valence-electron chi connectivity index (χ3n) is 16.7. The van der Waals surface area contributed by atoms with Crippen LogP contribution in [0.3, 0.4) is 0 Å². The highest BCUT2D eigenvalue weighted by Crippen LogP contribution is 2.46. The molecule has 0 spiro atoms. The number of fused-ring (bicyclic) bond motifs is 3. The first-order chi connectivity index (χ1) is 36.2. The van der Waals surface area contributed by atoms with E-state index in [0.717, 1.165) is 108 Å². The molecule has 5 aliphatic rings. The maximum absolute atomic E-state index is 13.7. The zero-order valence-electron chi connectivity index (χ0n) is 43.5. The molecule has 3 aliphatic heterocycles. The van der Waals surface area contributed by atoms with E-state index in [1.54, 1.807) is 0 Å². The van der Waals surface area contributed by atoms with Crippen LogP contribution in [-0.2, 0) is 34.3 Å². The molecule has 16 heteroatoms. The molecule has 0 radical (unpaired) electrons. The van der Waals surface area contributed by atoms with Crippen LogP contribution in [0.15, 0.2) is 91.0 Å². The summed E-state index contributed by atoms with van der Waals surface area (Å²) in [6, 6.07) is 23.6. The predicted molar refractivity (Wildman–Crippen MR) is 295 cm³/mol. The van der Waals surface area contributed by atoms with Gasteiger partial charge in [0.05, 0.1) is 39.4 Å². The average molecular weight is 1030 g/mol. The number of nitrogens with one attached hydrogen (secondary N) is 2. The first-order valence-electron chi connectivity index (χ1n) is 27.0. The summed E-state index contributed by atoms with van der Waals surface area (Å²) >= 11 is 1.45. The van der Waals surface area contributed by atoms with Gasteiger partial charge >= 0.3 is 0 Å². The summed E-state index contributed by atoms with van der Waals surface area (Å²) in [6.07, 6.45) is 12.8. The number of aliphatic hydroxyl groups excluding tert-OH is 1. The molecule has 3 unspecified atom stereocenters. The fraction of sp³-hybridized carbons (Fsp3) is 0.458. The lowest BCUT2D eigenvalue weighted by Crippen LogP contribution is -2.48. The van der Waals surface area contributed by atoms with Crippen LogP contribution in [0.1, 0.15) is 123 Å². The Hall–Kier alpha value is -6.30. The molecule has 2 aliphatic carbocycles. The van der Waals surface area contributed by atoms with Gasteiger partial charge in [0.25, 0.3) is 5.91 Å². The molecule has 392 valence electrons. The van der Waals surface area contributed by atoms with Gasteiger partial charge in [-0.05, 0) is 122 Å². The molecule has 6 heterocycles. The number of hydrogen-bond donors (Lipinski definition) is 4. The zero-order chi connectivity index (χ0) is 52.0. The van der Waals surface area contributed by atoms with Crippen molar-refractivity contribution in [2.24, 2.45) is 24.3 Å². The van der Waals surface area contributed by atoms with Crippen LogP contribution in [0.2, 0.25) is 0 Å². The second kappa shape index (κ2) is 21.4. The number of para-hydroxylation sites is 1. The number of carbonyl (C=O) groups is 3. The van der Waals surface area contributed by atoms with E-state index in [-0.39, 0.29) is 41.5 Å². The van der Waals surface area contributed by atoms with Gasteiger partial charge in [-0.1, -0.05) is 87.1 Å². The van der Waals surface area contributed by atoms with Crippen molar-refractivity contribution < 1.29 is 29.3 Å². The highest BCUT2D eigenvalue weighted by Gasteiger charge is 2.39. The van der Waals surface area contributed by atoms with Gasteiger partial charge in [-0.2, -0.15) is 0 Å². The van der Waals surface area contributed by atoms with E-state index in [2.05, 4.69) is 87.0 Å². The van der Waals surface area contributed by atoms with Crippen LogP contribution in [0, 0.1) is 17.3 Å². The van der Waals surface area contributed by atoms with Crippen LogP contribution in [0.4, 0.5) is 16.9 Å². The van der Waals surface area contributed by atoms with Crippen LogP contribution < -0.4 is 20.4 Å². The number of imidazole rings is 1. The smallest absolute Gasteiger partial charge is 0.257 e. The standard InChI is InChI=1S/C59H69N9O6S/c1-36(34-66-29-31-67(32-30-66)58-61-46-24-19-39(33-48(46)65(58)4)41-23-26-52(69)63-54(41)70)15-16-37-17-20-40(21-18-37)74-50-14-8-11-45(59(50,2)3)43-22-25-51(62-53(43)56(72)73)68-28-27-38-9-7-10-42(44(38)35-68)55(71)64-57-60-47-12-5-6-13-49(47)75-57/h5-14,19,22,24-25,33,36-37,40-41,50,56,72-73H,15-18,20-21,23,26-32,34-35H2,1-4H3,(H,60,64,71)(H,63,69,70). The Balaban J connectivity index is 0.651. The molecule has 2 saturated heterocycles. The van der Waals surface area contributed by atoms with Crippen molar-refractivity contribution in [1.29, 1.82) is 0 Å². The molecule has 3 aromatic heterocycles. The van der Waals surface area contributed by atoms with Crippen molar-refractivity contribution in [2.45, 2.75) is 110 Å². The Morgan fingerprint density at radius 1 is 0.893 bits per heavy atom. The number of amides is 3. The van der Waals surface area contributed by atoms with Crippen molar-refractivity contribution in [3.63, 3.8) is 0 Å². The number of nitrogens with zero attached hydrogens (tertiary/aromatic N) is 7.